The van der Waals surface area contributed by atoms with E-state index in [1.54, 1.807) is 6.07 Å². The molecule has 3 atom stereocenters. The number of hydrogen-bond donors (Lipinski definition) is 1. The average Bonchev–Trinajstić information content (AvgIpc) is 3.05. The smallest absolute Gasteiger partial charge is 0.289 e. The van der Waals surface area contributed by atoms with E-state index in [9.17, 15) is 0 Å². The van der Waals surface area contributed by atoms with Crippen LogP contribution in [0.4, 0.5) is 5.82 Å². The summed E-state index contributed by atoms with van der Waals surface area (Å²) in [6.07, 6.45) is 4.11. The maximum atomic E-state index is 6.20. The van der Waals surface area contributed by atoms with Crippen LogP contribution in [0.3, 0.4) is 0 Å². The summed E-state index contributed by atoms with van der Waals surface area (Å²) in [6, 6.07) is 2.38. The first-order chi connectivity index (χ1) is 9.70. The first-order valence-corrected chi connectivity index (χ1v) is 7.10. The third kappa shape index (κ3) is 1.81. The molecule has 5 rings (SSSR count). The van der Waals surface area contributed by atoms with Gasteiger partial charge in [0.1, 0.15) is 11.9 Å². The molecule has 21 heavy (non-hydrogen) atoms. The Morgan fingerprint density at radius 2 is 2.33 bits per heavy atom. The van der Waals surface area contributed by atoms with Crippen molar-refractivity contribution in [3.63, 3.8) is 0 Å². The van der Waals surface area contributed by atoms with Gasteiger partial charge in [-0.15, -0.1) is 6.07 Å². The summed E-state index contributed by atoms with van der Waals surface area (Å²) in [7, 11) is 0. The number of fused-ring (bicyclic) bond motifs is 1. The van der Waals surface area contributed by atoms with Crippen LogP contribution >= 0.6 is 0 Å². The molecule has 0 amide bonds. The summed E-state index contributed by atoms with van der Waals surface area (Å²) < 4.78 is 6.20. The molecule has 0 bridgehead atoms. The molecule has 3 fully saturated rings. The third-order valence-electron chi connectivity index (χ3n) is 5.33. The Morgan fingerprint density at radius 3 is 2.95 bits per heavy atom. The molecule has 2 spiro atoms. The van der Waals surface area contributed by atoms with Crippen molar-refractivity contribution in [2.24, 2.45) is 10.9 Å². The van der Waals surface area contributed by atoms with E-state index in [-0.39, 0.29) is 36.7 Å². The van der Waals surface area contributed by atoms with Gasteiger partial charge in [-0.05, 0) is 12.8 Å². The fourth-order valence-corrected chi connectivity index (χ4v) is 4.19. The minimum Gasteiger partial charge on any atom is -0.455 e. The van der Waals surface area contributed by atoms with Crippen molar-refractivity contribution < 1.29 is 35.9 Å². The van der Waals surface area contributed by atoms with Crippen LogP contribution < -0.4 is 5.32 Å². The second-order valence-corrected chi connectivity index (χ2v) is 6.34. The number of aromatic nitrogens is 2. The molecule has 1 aliphatic carbocycles. The van der Waals surface area contributed by atoms with Gasteiger partial charge in [-0.1, -0.05) is 5.69 Å². The average molecular weight is 508 g/mol. The van der Waals surface area contributed by atoms with E-state index in [1.807, 2.05) is 0 Å². The Bertz CT molecular complexity index is 638. The Morgan fingerprint density at radius 1 is 1.43 bits per heavy atom. The molecule has 4 heterocycles. The summed E-state index contributed by atoms with van der Waals surface area (Å²) >= 11 is 0. The Balaban J connectivity index is 0.00000115. The van der Waals surface area contributed by atoms with Crippen LogP contribution in [-0.2, 0) is 4.74 Å². The van der Waals surface area contributed by atoms with E-state index in [4.69, 9.17) is 4.74 Å². The molecule has 6 nitrogen and oxygen atoms in total. The van der Waals surface area contributed by atoms with Gasteiger partial charge in [-0.3, -0.25) is 9.88 Å². The molecule has 7 heteroatoms. The molecular formula is C14H16N5OU-. The molecule has 1 saturated carbocycles. The molecule has 2 unspecified atom stereocenters. The maximum absolute atomic E-state index is 6.20. The topological polar surface area (TPSA) is 62.6 Å². The van der Waals surface area contributed by atoms with Crippen molar-refractivity contribution in [3.05, 3.63) is 25.0 Å². The number of hydrogen-bond acceptors (Lipinski definition) is 6. The monoisotopic (exact) mass is 508 g/mol. The predicted octanol–water partition coefficient (Wildman–Crippen LogP) is 0.674. The van der Waals surface area contributed by atoms with Crippen LogP contribution in [0.1, 0.15) is 18.5 Å². The molecule has 1 N–H and O–H groups in total. The number of nitrogens with zero attached hydrogens (tertiary/aromatic N) is 4. The zero-order valence-electron chi connectivity index (χ0n) is 11.7. The van der Waals surface area contributed by atoms with Crippen molar-refractivity contribution in [3.8, 4) is 0 Å². The van der Waals surface area contributed by atoms with E-state index < -0.39 is 0 Å². The van der Waals surface area contributed by atoms with Crippen LogP contribution in [0.5, 0.6) is 0 Å². The fraction of sp³-hybridized carbons (Fsp3) is 0.571. The first kappa shape index (κ1) is 13.9. The molecule has 4 aliphatic rings. The number of nitrogens with one attached hydrogen (secondary N) is 1. The van der Waals surface area contributed by atoms with E-state index >= 15 is 0 Å². The van der Waals surface area contributed by atoms with Gasteiger partial charge in [-0.2, -0.15) is 0 Å². The van der Waals surface area contributed by atoms with Gasteiger partial charge in [0.15, 0.2) is 0 Å². The fourth-order valence-electron chi connectivity index (χ4n) is 4.19. The number of rotatable bonds is 1. The summed E-state index contributed by atoms with van der Waals surface area (Å²) in [5.41, 5.74) is 1.08. The number of anilines is 1. The molecular weight excluding hydrogens is 492 g/mol. The zero-order chi connectivity index (χ0) is 13.4. The summed E-state index contributed by atoms with van der Waals surface area (Å²) in [6.45, 7) is 6.81. The van der Waals surface area contributed by atoms with Crippen molar-refractivity contribution >= 4 is 11.8 Å². The SMILES string of the molecule is [CH2-]c1cc(NC2=NC[C@@]3(CN4CCC45CC53)O2)ncn1.[U]. The second-order valence-electron chi connectivity index (χ2n) is 6.34. The summed E-state index contributed by atoms with van der Waals surface area (Å²) in [4.78, 5) is 15.3. The molecule has 108 valence electrons. The Labute approximate surface area is 147 Å². The minimum absolute atomic E-state index is 0. The molecule has 2 saturated heterocycles. The van der Waals surface area contributed by atoms with Gasteiger partial charge < -0.3 is 10.1 Å². The first-order valence-electron chi connectivity index (χ1n) is 7.10. The van der Waals surface area contributed by atoms with Crippen molar-refractivity contribution in [1.82, 2.24) is 14.9 Å². The quantitative estimate of drug-likeness (QED) is 0.566. The van der Waals surface area contributed by atoms with Gasteiger partial charge in [0.25, 0.3) is 6.02 Å². The minimum atomic E-state index is -0.0842. The summed E-state index contributed by atoms with van der Waals surface area (Å²) in [5.74, 6) is 1.35. The van der Waals surface area contributed by atoms with Gasteiger partial charge in [0.2, 0.25) is 0 Å². The number of aliphatic imine (C=N–C) groups is 1. The van der Waals surface area contributed by atoms with Crippen LogP contribution in [-0.4, -0.2) is 51.7 Å². The van der Waals surface area contributed by atoms with Crippen LogP contribution in [0, 0.1) is 44.0 Å². The molecule has 0 aromatic carbocycles. The number of piperidine rings is 1. The maximum Gasteiger partial charge on any atom is 0.289 e. The Hall–Kier alpha value is -0.768. The van der Waals surface area contributed by atoms with E-state index in [2.05, 4.69) is 32.1 Å². The van der Waals surface area contributed by atoms with Crippen molar-refractivity contribution in [2.75, 3.05) is 25.0 Å². The van der Waals surface area contributed by atoms with E-state index in [0.29, 0.717) is 29.0 Å². The van der Waals surface area contributed by atoms with Crippen LogP contribution in [0.25, 0.3) is 0 Å². The van der Waals surface area contributed by atoms with Gasteiger partial charge in [0.05, 0.1) is 12.4 Å². The predicted molar refractivity (Wildman–Crippen MR) is 73.3 cm³/mol. The van der Waals surface area contributed by atoms with Gasteiger partial charge >= 0.3 is 0 Å². The standard InChI is InChI=1S/C14H16N5O.U/c1-9-4-11(17-8-16-9)18-12-15-6-14(20-12)7-19-3-2-13(19)5-10(13)14;/h4,8,10H,1-3,5-7H2,(H,15,16,17,18);/q-1;/t10?,13?,14-;/m0./s1. The largest absolute Gasteiger partial charge is 0.455 e. The molecule has 0 radical (unpaired) electrons. The normalized spacial score (nSPS) is 38.7. The van der Waals surface area contributed by atoms with Crippen molar-refractivity contribution in [2.45, 2.75) is 24.0 Å². The molecule has 3 aliphatic heterocycles. The van der Waals surface area contributed by atoms with Crippen LogP contribution in [0.2, 0.25) is 0 Å². The number of ether oxygens (including phenoxy) is 1. The van der Waals surface area contributed by atoms with Crippen molar-refractivity contribution in [1.29, 1.82) is 0 Å². The second kappa shape index (κ2) is 4.37. The van der Waals surface area contributed by atoms with E-state index in [0.717, 1.165) is 13.1 Å². The zero-order valence-corrected chi connectivity index (χ0v) is 15.8. The van der Waals surface area contributed by atoms with Crippen LogP contribution in [0.15, 0.2) is 17.4 Å². The van der Waals surface area contributed by atoms with Gasteiger partial charge in [0, 0.05) is 55.7 Å². The third-order valence-corrected chi connectivity index (χ3v) is 5.33. The molecule has 1 aromatic heterocycles. The van der Waals surface area contributed by atoms with Gasteiger partial charge in [-0.25, -0.2) is 16.9 Å². The number of amidine groups is 1. The Kier molecular flexibility index (Phi) is 2.89. The molecule has 1 aromatic rings. The van der Waals surface area contributed by atoms with E-state index in [1.165, 1.54) is 25.7 Å². The summed E-state index contributed by atoms with van der Waals surface area (Å²) in [5, 5.41) is 3.14.